The summed E-state index contributed by atoms with van der Waals surface area (Å²) in [4.78, 5) is 44.0. The van der Waals surface area contributed by atoms with Gasteiger partial charge in [0.25, 0.3) is 0 Å². The summed E-state index contributed by atoms with van der Waals surface area (Å²) in [5.74, 6) is -3.84. The van der Waals surface area contributed by atoms with Crippen molar-refractivity contribution in [2.75, 3.05) is 52.4 Å². The Labute approximate surface area is 379 Å². The first kappa shape index (κ1) is 47.4. The van der Waals surface area contributed by atoms with Crippen LogP contribution in [0.4, 0.5) is 0 Å². The van der Waals surface area contributed by atoms with Crippen molar-refractivity contribution in [3.05, 3.63) is 138 Å². The van der Waals surface area contributed by atoms with Crippen LogP contribution >= 0.6 is 59.4 Å². The zero-order chi connectivity index (χ0) is 43.3. The standard InChI is InChI=1S/3C11H12BrNO2.C11H12ClNO2/c12-8-3-1-7(2-4-8)9-5-13-6-10(9)11(14)15;12-8-3-1-2-7(4-8)9-5-13-6-10(9)11(14)15;12-10-4-2-1-3-7(10)8-5-13-6-9(8)11(14)15;12-8-3-1-7(2-4-8)9-5-13-6-10(9)11(14)15/h2*1-4,9-10,13H,5-6H2,(H,14,15);1-4,8-9,13H,5-6H2,(H,14,15);1-4,9-10,13H,5-6H2,(H,14,15)/t9-,10+;;;/m0.../s1. The number of nitrogens with one attached hydrogen (secondary N) is 4. The summed E-state index contributed by atoms with van der Waals surface area (Å²) < 4.78 is 3.00. The van der Waals surface area contributed by atoms with Crippen LogP contribution in [-0.4, -0.2) is 96.7 Å². The first-order chi connectivity index (χ1) is 28.7. The van der Waals surface area contributed by atoms with Gasteiger partial charge in [0, 0.05) is 94.5 Å². The summed E-state index contributed by atoms with van der Waals surface area (Å²) in [6, 6.07) is 30.9. The van der Waals surface area contributed by atoms with Crippen LogP contribution in [0, 0.1) is 23.7 Å². The van der Waals surface area contributed by atoms with Gasteiger partial charge in [0.1, 0.15) is 0 Å². The van der Waals surface area contributed by atoms with Crippen LogP contribution in [0.3, 0.4) is 0 Å². The molecule has 8 atom stereocenters. The molecule has 0 saturated carbocycles. The van der Waals surface area contributed by atoms with Crippen LogP contribution < -0.4 is 21.3 Å². The van der Waals surface area contributed by atoms with Crippen LogP contribution in [0.25, 0.3) is 0 Å². The van der Waals surface area contributed by atoms with E-state index in [1.54, 1.807) is 12.1 Å². The predicted molar refractivity (Wildman–Crippen MR) is 241 cm³/mol. The molecule has 12 nitrogen and oxygen atoms in total. The van der Waals surface area contributed by atoms with Crippen LogP contribution in [-0.2, 0) is 19.2 Å². The quantitative estimate of drug-likeness (QED) is 0.0883. The Morgan fingerprint density at radius 3 is 1.28 bits per heavy atom. The highest BCUT2D eigenvalue weighted by Crippen LogP contribution is 2.34. The van der Waals surface area contributed by atoms with Crippen LogP contribution in [0.15, 0.2) is 110 Å². The Bertz CT molecular complexity index is 2010. The third-order valence-electron chi connectivity index (χ3n) is 11.3. The molecular weight excluding hydrogens is 988 g/mol. The molecule has 0 bridgehead atoms. The van der Waals surface area contributed by atoms with Crippen LogP contribution in [0.5, 0.6) is 0 Å². The molecule has 4 aromatic carbocycles. The first-order valence-electron chi connectivity index (χ1n) is 19.5. The lowest BCUT2D eigenvalue weighted by Crippen LogP contribution is -2.21. The molecule has 4 fully saturated rings. The van der Waals surface area contributed by atoms with Crippen molar-refractivity contribution in [2.24, 2.45) is 23.7 Å². The van der Waals surface area contributed by atoms with Crippen molar-refractivity contribution in [1.29, 1.82) is 0 Å². The smallest absolute Gasteiger partial charge is 0.308 e. The van der Waals surface area contributed by atoms with E-state index in [0.717, 1.165) is 61.9 Å². The van der Waals surface area contributed by atoms with Crippen molar-refractivity contribution >= 4 is 83.3 Å². The van der Waals surface area contributed by atoms with Gasteiger partial charge < -0.3 is 41.7 Å². The number of carbonyl (C=O) groups is 4. The normalized spacial score (nSPS) is 25.4. The Morgan fingerprint density at radius 1 is 0.450 bits per heavy atom. The highest BCUT2D eigenvalue weighted by Gasteiger charge is 2.36. The predicted octanol–water partition coefficient (Wildman–Crippen LogP) is 7.24. The summed E-state index contributed by atoms with van der Waals surface area (Å²) >= 11 is 16.0. The number of hydrogen-bond acceptors (Lipinski definition) is 8. The van der Waals surface area contributed by atoms with Gasteiger partial charge in [-0.1, -0.05) is 114 Å². The van der Waals surface area contributed by atoms with Gasteiger partial charge in [-0.25, -0.2) is 0 Å². The van der Waals surface area contributed by atoms with E-state index in [1.807, 2.05) is 84.9 Å². The molecular formula is C44H48Br3ClN4O8. The van der Waals surface area contributed by atoms with Gasteiger partial charge in [0.15, 0.2) is 0 Å². The van der Waals surface area contributed by atoms with E-state index in [4.69, 9.17) is 32.0 Å². The van der Waals surface area contributed by atoms with Crippen molar-refractivity contribution in [2.45, 2.75) is 23.7 Å². The molecule has 320 valence electrons. The Morgan fingerprint density at radius 2 is 0.850 bits per heavy atom. The van der Waals surface area contributed by atoms with E-state index in [0.29, 0.717) is 31.2 Å². The molecule has 0 aromatic heterocycles. The molecule has 4 aromatic rings. The average molecular weight is 1040 g/mol. The molecule has 60 heavy (non-hydrogen) atoms. The highest BCUT2D eigenvalue weighted by molar-refractivity contribution is 9.11. The van der Waals surface area contributed by atoms with E-state index in [9.17, 15) is 19.2 Å². The second-order valence-electron chi connectivity index (χ2n) is 15.0. The number of carboxylic acids is 4. The van der Waals surface area contributed by atoms with Crippen LogP contribution in [0.1, 0.15) is 45.9 Å². The lowest BCUT2D eigenvalue weighted by atomic mass is 9.89. The minimum absolute atomic E-state index is 0.0553. The number of halogens is 4. The highest BCUT2D eigenvalue weighted by atomic mass is 79.9. The van der Waals surface area contributed by atoms with Crippen molar-refractivity contribution in [1.82, 2.24) is 21.3 Å². The lowest BCUT2D eigenvalue weighted by Gasteiger charge is -2.16. The van der Waals surface area contributed by atoms with E-state index >= 15 is 0 Å². The molecule has 4 aliphatic heterocycles. The molecule has 0 aliphatic carbocycles. The monoisotopic (exact) mass is 1030 g/mol. The molecule has 4 saturated heterocycles. The first-order valence-corrected chi connectivity index (χ1v) is 22.3. The van der Waals surface area contributed by atoms with Gasteiger partial charge in [-0.3, -0.25) is 19.2 Å². The summed E-state index contributed by atoms with van der Waals surface area (Å²) in [5, 5.41) is 49.4. The molecule has 8 rings (SSSR count). The van der Waals surface area contributed by atoms with Crippen molar-refractivity contribution in [3.8, 4) is 0 Å². The maximum Gasteiger partial charge on any atom is 0.308 e. The summed E-state index contributed by atoms with van der Waals surface area (Å²) in [6.45, 7) is 5.18. The number of carboxylic acid groups (broad SMARTS) is 4. The lowest BCUT2D eigenvalue weighted by molar-refractivity contribution is -0.142. The van der Waals surface area contributed by atoms with E-state index in [2.05, 4.69) is 69.1 Å². The number of benzene rings is 4. The number of rotatable bonds is 8. The largest absolute Gasteiger partial charge is 0.481 e. The molecule has 0 spiro atoms. The van der Waals surface area contributed by atoms with Gasteiger partial charge in [-0.15, -0.1) is 0 Å². The van der Waals surface area contributed by atoms with Crippen molar-refractivity contribution in [3.63, 3.8) is 0 Å². The Kier molecular flexibility index (Phi) is 18.1. The molecule has 0 radical (unpaired) electrons. The fourth-order valence-corrected chi connectivity index (χ4v) is 9.45. The summed E-state index contributed by atoms with van der Waals surface area (Å²) in [5.41, 5.74) is 4.30. The maximum atomic E-state index is 11.0. The van der Waals surface area contributed by atoms with Gasteiger partial charge in [-0.05, 0) is 64.7 Å². The Balaban J connectivity index is 0.000000152. The molecule has 4 aliphatic rings. The second kappa shape index (κ2) is 23.0. The van der Waals surface area contributed by atoms with Crippen LogP contribution in [0.2, 0.25) is 5.02 Å². The molecule has 8 N–H and O–H groups in total. The zero-order valence-electron chi connectivity index (χ0n) is 32.4. The second-order valence-corrected chi connectivity index (χ2v) is 18.1. The minimum Gasteiger partial charge on any atom is -0.481 e. The zero-order valence-corrected chi connectivity index (χ0v) is 38.0. The van der Waals surface area contributed by atoms with Gasteiger partial charge in [0.05, 0.1) is 23.7 Å². The Hall–Kier alpha value is -3.67. The molecule has 0 amide bonds. The van der Waals surface area contributed by atoms with E-state index in [1.165, 1.54) is 0 Å². The molecule has 4 heterocycles. The fraction of sp³-hybridized carbons (Fsp3) is 0.364. The number of aliphatic carboxylic acids is 4. The van der Waals surface area contributed by atoms with E-state index in [-0.39, 0.29) is 47.3 Å². The van der Waals surface area contributed by atoms with Gasteiger partial charge in [0.2, 0.25) is 0 Å². The number of hydrogen-bond donors (Lipinski definition) is 8. The average Bonchev–Trinajstić information content (AvgIpc) is 4.07. The third-order valence-corrected chi connectivity index (χ3v) is 13.3. The summed E-state index contributed by atoms with van der Waals surface area (Å²) in [7, 11) is 0. The molecule has 16 heteroatoms. The third kappa shape index (κ3) is 12.9. The maximum absolute atomic E-state index is 11.0. The SMILES string of the molecule is O=C(O)C1CNCC1c1ccc(Cl)cc1.O=C(O)C1CNCC1c1cccc(Br)c1.O=C(O)C1CNCC1c1ccccc1Br.O=C(O)[C@@H]1CNC[C@H]1c1ccc(Br)cc1. The van der Waals surface area contributed by atoms with E-state index < -0.39 is 23.9 Å². The minimum atomic E-state index is -0.736. The fourth-order valence-electron chi connectivity index (χ4n) is 8.06. The topological polar surface area (TPSA) is 197 Å². The van der Waals surface area contributed by atoms with Gasteiger partial charge in [-0.2, -0.15) is 0 Å². The summed E-state index contributed by atoms with van der Waals surface area (Å²) in [6.07, 6.45) is 0. The van der Waals surface area contributed by atoms with Gasteiger partial charge >= 0.3 is 23.9 Å². The molecule has 6 unspecified atom stereocenters. The van der Waals surface area contributed by atoms with Crippen molar-refractivity contribution < 1.29 is 39.6 Å².